The van der Waals surface area contributed by atoms with Gasteiger partial charge in [0.2, 0.25) is 0 Å². The van der Waals surface area contributed by atoms with Crippen molar-refractivity contribution in [3.63, 3.8) is 0 Å². The summed E-state index contributed by atoms with van der Waals surface area (Å²) in [5, 5.41) is 7.27. The van der Waals surface area contributed by atoms with E-state index in [0.29, 0.717) is 23.7 Å². The first kappa shape index (κ1) is 24.3. The molecule has 6 nitrogen and oxygen atoms in total. The third-order valence-corrected chi connectivity index (χ3v) is 6.83. The van der Waals surface area contributed by atoms with E-state index in [1.54, 1.807) is 25.5 Å². The van der Waals surface area contributed by atoms with Crippen molar-refractivity contribution >= 4 is 72.4 Å². The number of rotatable bonds is 7. The molecule has 1 N–H and O–H groups in total. The van der Waals surface area contributed by atoms with Crippen molar-refractivity contribution in [2.45, 2.75) is 6.61 Å². The fourth-order valence-corrected chi connectivity index (χ4v) is 4.94. The van der Waals surface area contributed by atoms with Crippen LogP contribution >= 0.6 is 38.5 Å². The first-order valence-electron chi connectivity index (χ1n) is 11.0. The van der Waals surface area contributed by atoms with E-state index >= 15 is 0 Å². The van der Waals surface area contributed by atoms with Crippen LogP contribution in [0.2, 0.25) is 0 Å². The molecule has 1 aromatic heterocycles. The van der Waals surface area contributed by atoms with E-state index in [9.17, 15) is 4.79 Å². The van der Waals surface area contributed by atoms with Gasteiger partial charge in [0.1, 0.15) is 12.2 Å². The maximum absolute atomic E-state index is 12.5. The molecule has 0 fully saturated rings. The lowest BCUT2D eigenvalue weighted by Crippen LogP contribution is -2.16. The highest BCUT2D eigenvalue weighted by Gasteiger charge is 2.13. The topological polar surface area (TPSA) is 73.1 Å². The Bertz CT molecular complexity index is 1610. The van der Waals surface area contributed by atoms with Gasteiger partial charge in [-0.1, -0.05) is 52.3 Å². The van der Waals surface area contributed by atoms with Crippen molar-refractivity contribution in [2.75, 3.05) is 7.11 Å². The molecule has 0 atom stereocenters. The molecule has 5 rings (SSSR count). The molecule has 0 saturated carbocycles. The maximum Gasteiger partial charge on any atom is 0.307 e. The Balaban J connectivity index is 1.27. The molecular weight excluding hydrogens is 635 g/mol. The van der Waals surface area contributed by atoms with Gasteiger partial charge < -0.3 is 13.9 Å². The fourth-order valence-electron chi connectivity index (χ4n) is 3.79. The lowest BCUT2D eigenvalue weighted by atomic mass is 10.1. The van der Waals surface area contributed by atoms with Crippen LogP contribution < -0.4 is 14.9 Å². The summed E-state index contributed by atoms with van der Waals surface area (Å²) in [6, 6.07) is 25.5. The number of hydrogen-bond acceptors (Lipinski definition) is 5. The predicted molar refractivity (Wildman–Crippen MR) is 153 cm³/mol. The number of carbonyl (C=O) groups excluding carboxylic acids is 1. The highest BCUT2D eigenvalue weighted by atomic mass is 127. The van der Waals surface area contributed by atoms with Crippen LogP contribution in [0.5, 0.6) is 11.5 Å². The van der Waals surface area contributed by atoms with Gasteiger partial charge in [-0.2, -0.15) is 5.10 Å². The standard InChI is InChI=1S/C28H20BrIN2O4/c1-34-25-12-18(15-31-32-28(33)26-14-21-13-22(29)8-9-24(21)36-26)11-23(30)27(25)35-16-17-6-7-19-4-2-3-5-20(19)10-17/h2-15H,16H2,1H3,(H,32,33)/b31-15+. The lowest BCUT2D eigenvalue weighted by Gasteiger charge is -2.14. The van der Waals surface area contributed by atoms with Gasteiger partial charge >= 0.3 is 5.91 Å². The molecule has 5 aromatic rings. The number of fused-ring (bicyclic) bond motifs is 2. The molecule has 0 radical (unpaired) electrons. The number of methoxy groups -OCH3 is 1. The zero-order chi connectivity index (χ0) is 25.1. The molecule has 8 heteroatoms. The maximum atomic E-state index is 12.5. The molecule has 0 unspecified atom stereocenters. The van der Waals surface area contributed by atoms with Gasteiger partial charge in [-0.3, -0.25) is 4.79 Å². The second kappa shape index (κ2) is 10.7. The molecule has 0 aliphatic rings. The number of furan rings is 1. The predicted octanol–water partition coefficient (Wildman–Crippen LogP) is 7.30. The van der Waals surface area contributed by atoms with Crippen molar-refractivity contribution in [3.05, 3.63) is 104 Å². The Kier molecular flexibility index (Phi) is 7.24. The summed E-state index contributed by atoms with van der Waals surface area (Å²) >= 11 is 5.62. The summed E-state index contributed by atoms with van der Waals surface area (Å²) in [7, 11) is 1.59. The molecule has 0 saturated heterocycles. The average molecular weight is 655 g/mol. The van der Waals surface area contributed by atoms with Crippen LogP contribution in [-0.4, -0.2) is 19.2 Å². The third-order valence-electron chi connectivity index (χ3n) is 5.53. The van der Waals surface area contributed by atoms with Crippen LogP contribution in [0.3, 0.4) is 0 Å². The lowest BCUT2D eigenvalue weighted by molar-refractivity contribution is 0.0929. The minimum Gasteiger partial charge on any atom is -0.493 e. The van der Waals surface area contributed by atoms with Crippen molar-refractivity contribution in [1.82, 2.24) is 5.43 Å². The van der Waals surface area contributed by atoms with E-state index < -0.39 is 5.91 Å². The Labute approximate surface area is 229 Å². The molecule has 1 heterocycles. The minimum absolute atomic E-state index is 0.185. The van der Waals surface area contributed by atoms with E-state index in [2.05, 4.69) is 79.4 Å². The van der Waals surface area contributed by atoms with E-state index in [4.69, 9.17) is 13.9 Å². The zero-order valence-corrected chi connectivity index (χ0v) is 22.9. The molecule has 0 spiro atoms. The summed E-state index contributed by atoms with van der Waals surface area (Å²) < 4.78 is 19.1. The number of ether oxygens (including phenoxy) is 2. The number of hydrogen-bond donors (Lipinski definition) is 1. The van der Waals surface area contributed by atoms with Gasteiger partial charge in [0.25, 0.3) is 0 Å². The van der Waals surface area contributed by atoms with Crippen molar-refractivity contribution < 1.29 is 18.7 Å². The smallest absolute Gasteiger partial charge is 0.307 e. The number of halogens is 2. The number of nitrogens with one attached hydrogen (secondary N) is 1. The van der Waals surface area contributed by atoms with Crippen LogP contribution in [-0.2, 0) is 6.61 Å². The SMILES string of the molecule is COc1cc(/C=N/NC(=O)c2cc3cc(Br)ccc3o2)cc(I)c1OCc1ccc2ccccc2c1. The molecule has 0 aliphatic carbocycles. The second-order valence-electron chi connectivity index (χ2n) is 8.00. The van der Waals surface area contributed by atoms with E-state index in [0.717, 1.165) is 24.6 Å². The first-order valence-corrected chi connectivity index (χ1v) is 12.9. The monoisotopic (exact) mass is 654 g/mol. The van der Waals surface area contributed by atoms with Crippen LogP contribution in [0.1, 0.15) is 21.7 Å². The first-order chi connectivity index (χ1) is 17.5. The molecule has 0 aliphatic heterocycles. The van der Waals surface area contributed by atoms with E-state index in [-0.39, 0.29) is 5.76 Å². The Morgan fingerprint density at radius 1 is 1.03 bits per heavy atom. The molecule has 36 heavy (non-hydrogen) atoms. The second-order valence-corrected chi connectivity index (χ2v) is 10.1. The average Bonchev–Trinajstić information content (AvgIpc) is 3.31. The zero-order valence-electron chi connectivity index (χ0n) is 19.1. The summed E-state index contributed by atoms with van der Waals surface area (Å²) in [5.41, 5.74) is 4.96. The van der Waals surface area contributed by atoms with Gasteiger partial charge in [0, 0.05) is 9.86 Å². The summed E-state index contributed by atoms with van der Waals surface area (Å²) in [5.74, 6) is 0.986. The molecular formula is C28H20BrIN2O4. The summed E-state index contributed by atoms with van der Waals surface area (Å²) in [6.07, 6.45) is 1.55. The highest BCUT2D eigenvalue weighted by Crippen LogP contribution is 2.34. The van der Waals surface area contributed by atoms with Gasteiger partial charge in [0.05, 0.1) is 16.9 Å². The quantitative estimate of drug-likeness (QED) is 0.114. The third kappa shape index (κ3) is 5.39. The highest BCUT2D eigenvalue weighted by molar-refractivity contribution is 14.1. The molecule has 180 valence electrons. The number of benzene rings is 4. The van der Waals surface area contributed by atoms with Gasteiger partial charge in [-0.25, -0.2) is 5.43 Å². The minimum atomic E-state index is -0.435. The fraction of sp³-hybridized carbons (Fsp3) is 0.0714. The van der Waals surface area contributed by atoms with Crippen LogP contribution in [0, 0.1) is 3.57 Å². The van der Waals surface area contributed by atoms with Crippen molar-refractivity contribution in [1.29, 1.82) is 0 Å². The number of nitrogens with zero attached hydrogens (tertiary/aromatic N) is 1. The number of hydrazone groups is 1. The van der Waals surface area contributed by atoms with Gasteiger partial charge in [0.15, 0.2) is 17.3 Å². The largest absolute Gasteiger partial charge is 0.493 e. The van der Waals surface area contributed by atoms with Crippen LogP contribution in [0.4, 0.5) is 0 Å². The Morgan fingerprint density at radius 3 is 2.69 bits per heavy atom. The summed E-state index contributed by atoms with van der Waals surface area (Å²) in [6.45, 7) is 0.411. The Hall–Kier alpha value is -3.37. The molecule has 4 aromatic carbocycles. The normalized spacial score (nSPS) is 11.3. The van der Waals surface area contributed by atoms with Gasteiger partial charge in [-0.05, 0) is 87.0 Å². The van der Waals surface area contributed by atoms with Crippen molar-refractivity contribution in [3.8, 4) is 11.5 Å². The van der Waals surface area contributed by atoms with Crippen LogP contribution in [0.15, 0.2) is 92.9 Å². The van der Waals surface area contributed by atoms with Crippen LogP contribution in [0.25, 0.3) is 21.7 Å². The number of amides is 1. The van der Waals surface area contributed by atoms with Gasteiger partial charge in [-0.15, -0.1) is 0 Å². The molecule has 1 amide bonds. The van der Waals surface area contributed by atoms with E-state index in [1.165, 1.54) is 10.8 Å². The van der Waals surface area contributed by atoms with E-state index in [1.807, 2.05) is 36.4 Å². The molecule has 0 bridgehead atoms. The summed E-state index contributed by atoms with van der Waals surface area (Å²) in [4.78, 5) is 12.5. The Morgan fingerprint density at radius 2 is 1.86 bits per heavy atom. The van der Waals surface area contributed by atoms with Crippen molar-refractivity contribution in [2.24, 2.45) is 5.10 Å². The number of carbonyl (C=O) groups is 1.